The van der Waals surface area contributed by atoms with Crippen molar-refractivity contribution in [3.05, 3.63) is 131 Å². The van der Waals surface area contributed by atoms with E-state index in [0.29, 0.717) is 23.8 Å². The molecule has 0 saturated heterocycles. The minimum absolute atomic E-state index is 0.119. The number of benzene rings is 4. The molecule has 0 aromatic heterocycles. The molecule has 0 N–H and O–H groups in total. The molecule has 4 aromatic rings. The van der Waals surface area contributed by atoms with Gasteiger partial charge in [0.1, 0.15) is 6.54 Å². The summed E-state index contributed by atoms with van der Waals surface area (Å²) in [5, 5.41) is 0.479. The van der Waals surface area contributed by atoms with Gasteiger partial charge in [-0.05, 0) is 54.4 Å². The molecule has 0 heterocycles. The SMILES string of the molecule is Cc1ccc(S(=O)(=O)N(CC(=O)N(Cc2ccccc2)Cc2ccccc2)c2ccc(Cl)cc2)cc1. The Kier molecular flexibility index (Phi) is 8.08. The van der Waals surface area contributed by atoms with E-state index in [2.05, 4.69) is 0 Å². The molecular formula is C29H27ClN2O3S. The third-order valence-electron chi connectivity index (χ3n) is 5.79. The highest BCUT2D eigenvalue weighted by atomic mass is 35.5. The Bertz CT molecular complexity index is 1350. The first-order valence-corrected chi connectivity index (χ1v) is 13.4. The van der Waals surface area contributed by atoms with Gasteiger partial charge in [0.25, 0.3) is 10.0 Å². The van der Waals surface area contributed by atoms with Crippen LogP contribution in [0.2, 0.25) is 5.02 Å². The number of rotatable bonds is 9. The minimum Gasteiger partial charge on any atom is -0.332 e. The fourth-order valence-electron chi connectivity index (χ4n) is 3.82. The number of halogens is 1. The van der Waals surface area contributed by atoms with Gasteiger partial charge in [0.2, 0.25) is 5.91 Å². The third-order valence-corrected chi connectivity index (χ3v) is 7.83. The van der Waals surface area contributed by atoms with Crippen LogP contribution in [0.5, 0.6) is 0 Å². The van der Waals surface area contributed by atoms with E-state index < -0.39 is 10.0 Å². The Morgan fingerprint density at radius 1 is 0.722 bits per heavy atom. The van der Waals surface area contributed by atoms with Crippen molar-refractivity contribution < 1.29 is 13.2 Å². The van der Waals surface area contributed by atoms with Crippen LogP contribution in [0, 0.1) is 6.92 Å². The van der Waals surface area contributed by atoms with Crippen LogP contribution in [-0.2, 0) is 27.9 Å². The van der Waals surface area contributed by atoms with Crippen molar-refractivity contribution in [3.8, 4) is 0 Å². The molecule has 0 saturated carbocycles. The quantitative estimate of drug-likeness (QED) is 0.270. The maximum atomic E-state index is 13.7. The monoisotopic (exact) mass is 518 g/mol. The highest BCUT2D eigenvalue weighted by Gasteiger charge is 2.29. The largest absolute Gasteiger partial charge is 0.332 e. The predicted molar refractivity (Wildman–Crippen MR) is 144 cm³/mol. The van der Waals surface area contributed by atoms with Crippen molar-refractivity contribution >= 4 is 33.2 Å². The van der Waals surface area contributed by atoms with Gasteiger partial charge in [0, 0.05) is 18.1 Å². The summed E-state index contributed by atoms with van der Waals surface area (Å²) < 4.78 is 28.6. The second-order valence-corrected chi connectivity index (χ2v) is 10.8. The van der Waals surface area contributed by atoms with Crippen molar-refractivity contribution in [1.29, 1.82) is 0 Å². The first-order chi connectivity index (χ1) is 17.3. The lowest BCUT2D eigenvalue weighted by molar-refractivity contribution is -0.130. The van der Waals surface area contributed by atoms with Crippen molar-refractivity contribution in [3.63, 3.8) is 0 Å². The summed E-state index contributed by atoms with van der Waals surface area (Å²) in [6.45, 7) is 2.25. The summed E-state index contributed by atoms with van der Waals surface area (Å²) in [6, 6.07) is 32.4. The van der Waals surface area contributed by atoms with Crippen LogP contribution >= 0.6 is 11.6 Å². The zero-order valence-corrected chi connectivity index (χ0v) is 21.5. The normalized spacial score (nSPS) is 11.2. The third kappa shape index (κ3) is 6.33. The van der Waals surface area contributed by atoms with E-state index in [1.807, 2.05) is 67.6 Å². The summed E-state index contributed by atoms with van der Waals surface area (Å²) in [5.74, 6) is -0.312. The van der Waals surface area contributed by atoms with Gasteiger partial charge in [-0.1, -0.05) is 90.0 Å². The topological polar surface area (TPSA) is 57.7 Å². The van der Waals surface area contributed by atoms with Crippen LogP contribution < -0.4 is 4.31 Å². The molecule has 36 heavy (non-hydrogen) atoms. The maximum Gasteiger partial charge on any atom is 0.264 e. The second kappa shape index (κ2) is 11.4. The van der Waals surface area contributed by atoms with Gasteiger partial charge in [-0.2, -0.15) is 0 Å². The molecule has 0 bridgehead atoms. The molecule has 0 unspecified atom stereocenters. The van der Waals surface area contributed by atoms with Crippen LogP contribution in [0.25, 0.3) is 0 Å². The predicted octanol–water partition coefficient (Wildman–Crippen LogP) is 6.07. The Morgan fingerprint density at radius 2 is 1.22 bits per heavy atom. The first-order valence-electron chi connectivity index (χ1n) is 11.5. The molecule has 0 aliphatic rings. The summed E-state index contributed by atoms with van der Waals surface area (Å²) in [6.07, 6.45) is 0. The van der Waals surface area contributed by atoms with E-state index in [1.165, 1.54) is 0 Å². The zero-order valence-electron chi connectivity index (χ0n) is 19.9. The summed E-state index contributed by atoms with van der Waals surface area (Å²) >= 11 is 6.06. The first kappa shape index (κ1) is 25.5. The number of carbonyl (C=O) groups is 1. The number of hydrogen-bond acceptors (Lipinski definition) is 3. The van der Waals surface area contributed by atoms with E-state index >= 15 is 0 Å². The van der Waals surface area contributed by atoms with Gasteiger partial charge in [0.15, 0.2) is 0 Å². The smallest absolute Gasteiger partial charge is 0.264 e. The molecule has 7 heteroatoms. The number of amides is 1. The molecule has 0 spiro atoms. The number of carbonyl (C=O) groups excluding carboxylic acids is 1. The number of nitrogens with zero attached hydrogens (tertiary/aromatic N) is 2. The van der Waals surface area contributed by atoms with E-state index in [4.69, 9.17) is 11.6 Å². The summed E-state index contributed by atoms with van der Waals surface area (Å²) in [4.78, 5) is 15.5. The summed E-state index contributed by atoms with van der Waals surface area (Å²) in [5.41, 5.74) is 3.23. The van der Waals surface area contributed by atoms with E-state index in [-0.39, 0.29) is 17.3 Å². The second-order valence-electron chi connectivity index (χ2n) is 8.52. The molecule has 5 nitrogen and oxygen atoms in total. The van der Waals surface area contributed by atoms with Crippen molar-refractivity contribution in [2.45, 2.75) is 24.9 Å². The molecule has 0 radical (unpaired) electrons. The van der Waals surface area contributed by atoms with Crippen LogP contribution in [0.3, 0.4) is 0 Å². The highest BCUT2D eigenvalue weighted by Crippen LogP contribution is 2.26. The van der Waals surface area contributed by atoms with Crippen molar-refractivity contribution in [1.82, 2.24) is 4.90 Å². The number of hydrogen-bond donors (Lipinski definition) is 0. The minimum atomic E-state index is -4.02. The number of anilines is 1. The lowest BCUT2D eigenvalue weighted by atomic mass is 10.1. The van der Waals surface area contributed by atoms with Crippen molar-refractivity contribution in [2.24, 2.45) is 0 Å². The Balaban J connectivity index is 1.69. The van der Waals surface area contributed by atoms with Gasteiger partial charge in [-0.15, -0.1) is 0 Å². The van der Waals surface area contributed by atoms with Crippen LogP contribution in [0.1, 0.15) is 16.7 Å². The molecular weight excluding hydrogens is 492 g/mol. The zero-order chi connectivity index (χ0) is 25.5. The van der Waals surface area contributed by atoms with Gasteiger partial charge >= 0.3 is 0 Å². The fourth-order valence-corrected chi connectivity index (χ4v) is 5.36. The molecule has 0 atom stereocenters. The molecule has 0 aliphatic carbocycles. The van der Waals surface area contributed by atoms with Crippen LogP contribution in [0.4, 0.5) is 5.69 Å². The van der Waals surface area contributed by atoms with Crippen LogP contribution in [-0.4, -0.2) is 25.8 Å². The van der Waals surface area contributed by atoms with Crippen LogP contribution in [0.15, 0.2) is 114 Å². The maximum absolute atomic E-state index is 13.7. The molecule has 184 valence electrons. The average Bonchev–Trinajstić information content (AvgIpc) is 2.89. The molecule has 4 rings (SSSR count). The Morgan fingerprint density at radius 3 is 1.72 bits per heavy atom. The number of aryl methyl sites for hydroxylation is 1. The number of sulfonamides is 1. The lowest BCUT2D eigenvalue weighted by Gasteiger charge is -2.29. The molecule has 4 aromatic carbocycles. The van der Waals surface area contributed by atoms with Gasteiger partial charge in [-0.25, -0.2) is 8.42 Å². The lowest BCUT2D eigenvalue weighted by Crippen LogP contribution is -2.42. The molecule has 0 fully saturated rings. The fraction of sp³-hybridized carbons (Fsp3) is 0.138. The average molecular weight is 519 g/mol. The summed E-state index contributed by atoms with van der Waals surface area (Å²) in [7, 11) is -4.02. The van der Waals surface area contributed by atoms with Crippen molar-refractivity contribution in [2.75, 3.05) is 10.8 Å². The van der Waals surface area contributed by atoms with Gasteiger partial charge < -0.3 is 4.90 Å². The molecule has 1 amide bonds. The van der Waals surface area contributed by atoms with Gasteiger partial charge in [-0.3, -0.25) is 9.10 Å². The van der Waals surface area contributed by atoms with E-state index in [9.17, 15) is 13.2 Å². The Hall–Kier alpha value is -3.61. The van der Waals surface area contributed by atoms with E-state index in [1.54, 1.807) is 53.4 Å². The highest BCUT2D eigenvalue weighted by molar-refractivity contribution is 7.92. The van der Waals surface area contributed by atoms with E-state index in [0.717, 1.165) is 21.0 Å². The Labute approximate surface area is 217 Å². The standard InChI is InChI=1S/C29H27ClN2O3S/c1-23-12-18-28(19-13-23)36(34,35)32(27-16-14-26(30)15-17-27)22-29(33)31(20-24-8-4-2-5-9-24)21-25-10-6-3-7-11-25/h2-19H,20-22H2,1H3. The van der Waals surface area contributed by atoms with Gasteiger partial charge in [0.05, 0.1) is 10.6 Å². The molecule has 0 aliphatic heterocycles.